The van der Waals surface area contributed by atoms with Crippen LogP contribution in [0.2, 0.25) is 0 Å². The second kappa shape index (κ2) is 11.9. The number of fused-ring (bicyclic) bond motifs is 8. The predicted molar refractivity (Wildman–Crippen MR) is 227 cm³/mol. The molecule has 0 bridgehead atoms. The molecule has 0 aliphatic carbocycles. The van der Waals surface area contributed by atoms with Gasteiger partial charge in [-0.2, -0.15) is 0 Å². The number of rotatable bonds is 5. The summed E-state index contributed by atoms with van der Waals surface area (Å²) in [4.78, 5) is 0. The van der Waals surface area contributed by atoms with Crippen molar-refractivity contribution in [2.45, 2.75) is 0 Å². The minimum atomic E-state index is 1.15. The Morgan fingerprint density at radius 2 is 0.868 bits per heavy atom. The minimum absolute atomic E-state index is 1.15. The summed E-state index contributed by atoms with van der Waals surface area (Å²) in [6.07, 6.45) is 2.21. The second-order valence-electron chi connectivity index (χ2n) is 13.7. The average molecular weight is 693 g/mol. The quantitative estimate of drug-likeness (QED) is 0.170. The van der Waals surface area contributed by atoms with Crippen LogP contribution in [0.3, 0.4) is 0 Å². The molecule has 8 aromatic carbocycles. The van der Waals surface area contributed by atoms with Crippen molar-refractivity contribution in [1.29, 1.82) is 0 Å². The van der Waals surface area contributed by atoms with Crippen LogP contribution in [-0.2, 0) is 0 Å². The van der Waals surface area contributed by atoms with Gasteiger partial charge in [-0.3, -0.25) is 0 Å². The molecule has 3 heteroatoms. The smallest absolute Gasteiger partial charge is 0.0635 e. The molecule has 0 saturated carbocycles. The van der Waals surface area contributed by atoms with Gasteiger partial charge in [-0.05, 0) is 75.8 Å². The predicted octanol–water partition coefficient (Wildman–Crippen LogP) is 14.1. The Hall–Kier alpha value is -6.68. The second-order valence-corrected chi connectivity index (χ2v) is 14.7. The highest BCUT2D eigenvalue weighted by atomic mass is 32.1. The van der Waals surface area contributed by atoms with Crippen LogP contribution in [0.5, 0.6) is 0 Å². The van der Waals surface area contributed by atoms with Crippen molar-refractivity contribution >= 4 is 64.2 Å². The summed E-state index contributed by atoms with van der Waals surface area (Å²) in [7, 11) is 0. The Labute approximate surface area is 311 Å². The van der Waals surface area contributed by atoms with Crippen molar-refractivity contribution in [2.24, 2.45) is 0 Å². The van der Waals surface area contributed by atoms with E-state index in [9.17, 15) is 0 Å². The first-order chi connectivity index (χ1) is 26.3. The summed E-state index contributed by atoms with van der Waals surface area (Å²) in [5, 5.41) is 6.39. The van der Waals surface area contributed by atoms with Crippen molar-refractivity contribution in [3.8, 4) is 44.8 Å². The monoisotopic (exact) mass is 692 g/mol. The average Bonchev–Trinajstić information content (AvgIpc) is 3.94. The molecule has 0 amide bonds. The van der Waals surface area contributed by atoms with E-state index >= 15 is 0 Å². The van der Waals surface area contributed by atoms with Crippen LogP contribution in [0.1, 0.15) is 0 Å². The number of benzene rings is 8. The zero-order valence-electron chi connectivity index (χ0n) is 28.8. The van der Waals surface area contributed by atoms with Crippen LogP contribution in [0.4, 0.5) is 0 Å². The van der Waals surface area contributed by atoms with Crippen LogP contribution < -0.4 is 0 Å². The fourth-order valence-corrected chi connectivity index (χ4v) is 9.67. The van der Waals surface area contributed by atoms with Crippen molar-refractivity contribution in [1.82, 2.24) is 9.13 Å². The lowest BCUT2D eigenvalue weighted by Gasteiger charge is -2.11. The first-order valence-electron chi connectivity index (χ1n) is 18.1. The summed E-state index contributed by atoms with van der Waals surface area (Å²) in [5.41, 5.74) is 13.4. The Balaban J connectivity index is 1.04. The van der Waals surface area contributed by atoms with Crippen molar-refractivity contribution < 1.29 is 0 Å². The van der Waals surface area contributed by atoms with Crippen LogP contribution in [0.25, 0.3) is 97.6 Å². The first kappa shape index (κ1) is 30.0. The lowest BCUT2D eigenvalue weighted by Crippen LogP contribution is -1.95. The van der Waals surface area contributed by atoms with E-state index < -0.39 is 0 Å². The van der Waals surface area contributed by atoms with Crippen LogP contribution in [0, 0.1) is 0 Å². The molecule has 0 radical (unpaired) electrons. The van der Waals surface area contributed by atoms with Gasteiger partial charge < -0.3 is 9.13 Å². The molecule has 0 unspecified atom stereocenters. The van der Waals surface area contributed by atoms with E-state index in [0.717, 1.165) is 11.4 Å². The number of hydrogen-bond acceptors (Lipinski definition) is 1. The first-order valence-corrected chi connectivity index (χ1v) is 18.9. The molecular weight excluding hydrogens is 661 g/mol. The fourth-order valence-electron chi connectivity index (χ4n) is 8.30. The maximum atomic E-state index is 2.45. The molecule has 53 heavy (non-hydrogen) atoms. The molecule has 248 valence electrons. The van der Waals surface area contributed by atoms with E-state index in [-0.39, 0.29) is 0 Å². The zero-order valence-corrected chi connectivity index (χ0v) is 29.6. The Bertz CT molecular complexity index is 3130. The van der Waals surface area contributed by atoms with Gasteiger partial charge in [0.2, 0.25) is 0 Å². The van der Waals surface area contributed by atoms with Gasteiger partial charge in [0.15, 0.2) is 0 Å². The third-order valence-electron chi connectivity index (χ3n) is 10.8. The standard InChI is InChI=1S/C50H32N2S/c1-3-11-33(12-4-1)34-21-25-37(26-22-34)51-32-31-45-46(51)30-29-42-41-15-7-8-20-47(41)52(48(42)45)38-27-23-36(24-28-38)40-17-10-19-44-43-18-9-16-39(49(43)53-50(40)44)35-13-5-2-6-14-35/h1-32H. The van der Waals surface area contributed by atoms with Gasteiger partial charge in [0.25, 0.3) is 0 Å². The van der Waals surface area contributed by atoms with Gasteiger partial charge in [0.1, 0.15) is 0 Å². The van der Waals surface area contributed by atoms with Gasteiger partial charge in [0, 0.05) is 53.9 Å². The molecule has 0 atom stereocenters. The maximum absolute atomic E-state index is 2.45. The highest BCUT2D eigenvalue weighted by Crippen LogP contribution is 2.44. The molecule has 0 N–H and O–H groups in total. The minimum Gasteiger partial charge on any atom is -0.316 e. The molecule has 0 saturated heterocycles. The summed E-state index contributed by atoms with van der Waals surface area (Å²) in [5.74, 6) is 0. The van der Waals surface area contributed by atoms with Crippen LogP contribution >= 0.6 is 11.3 Å². The number of thiophene rings is 1. The molecule has 11 aromatic rings. The van der Waals surface area contributed by atoms with E-state index in [0.29, 0.717) is 0 Å². The summed E-state index contributed by atoms with van der Waals surface area (Å²) < 4.78 is 7.43. The maximum Gasteiger partial charge on any atom is 0.0635 e. The lowest BCUT2D eigenvalue weighted by molar-refractivity contribution is 1.13. The number of nitrogens with zero attached hydrogens (tertiary/aromatic N) is 2. The highest BCUT2D eigenvalue weighted by Gasteiger charge is 2.18. The summed E-state index contributed by atoms with van der Waals surface area (Å²) >= 11 is 1.90. The zero-order chi connectivity index (χ0) is 34.9. The number of hydrogen-bond donors (Lipinski definition) is 0. The molecule has 2 nitrogen and oxygen atoms in total. The summed E-state index contributed by atoms with van der Waals surface area (Å²) in [6.45, 7) is 0. The molecule has 3 aromatic heterocycles. The van der Waals surface area contributed by atoms with Gasteiger partial charge in [-0.25, -0.2) is 0 Å². The van der Waals surface area contributed by atoms with E-state index in [2.05, 4.69) is 203 Å². The molecule has 3 heterocycles. The van der Waals surface area contributed by atoms with Gasteiger partial charge in [0.05, 0.1) is 16.6 Å². The molecule has 11 rings (SSSR count). The van der Waals surface area contributed by atoms with Gasteiger partial charge in [-0.15, -0.1) is 11.3 Å². The lowest BCUT2D eigenvalue weighted by atomic mass is 10.00. The fraction of sp³-hybridized carbons (Fsp3) is 0. The largest absolute Gasteiger partial charge is 0.316 e. The van der Waals surface area contributed by atoms with Crippen molar-refractivity contribution in [2.75, 3.05) is 0 Å². The Morgan fingerprint density at radius 3 is 1.57 bits per heavy atom. The topological polar surface area (TPSA) is 9.86 Å². The van der Waals surface area contributed by atoms with Gasteiger partial charge in [-0.1, -0.05) is 146 Å². The third-order valence-corrected chi connectivity index (χ3v) is 12.1. The van der Waals surface area contributed by atoms with Crippen LogP contribution in [0.15, 0.2) is 194 Å². The molecule has 0 aliphatic rings. The van der Waals surface area contributed by atoms with Gasteiger partial charge >= 0.3 is 0 Å². The van der Waals surface area contributed by atoms with E-state index in [1.54, 1.807) is 0 Å². The van der Waals surface area contributed by atoms with Crippen molar-refractivity contribution in [3.05, 3.63) is 194 Å². The summed E-state index contributed by atoms with van der Waals surface area (Å²) in [6, 6.07) is 68.5. The van der Waals surface area contributed by atoms with E-state index in [1.165, 1.54) is 86.3 Å². The van der Waals surface area contributed by atoms with Crippen molar-refractivity contribution in [3.63, 3.8) is 0 Å². The third kappa shape index (κ3) is 4.71. The molecule has 0 aliphatic heterocycles. The van der Waals surface area contributed by atoms with Crippen LogP contribution in [-0.4, -0.2) is 9.13 Å². The molecular formula is C50H32N2S. The van der Waals surface area contributed by atoms with E-state index in [1.807, 2.05) is 11.3 Å². The molecule has 0 spiro atoms. The molecule has 0 fully saturated rings. The Morgan fingerprint density at radius 1 is 0.321 bits per heavy atom. The number of aromatic nitrogens is 2. The normalized spacial score (nSPS) is 11.8. The highest BCUT2D eigenvalue weighted by molar-refractivity contribution is 7.26. The number of para-hydroxylation sites is 1. The Kier molecular flexibility index (Phi) is 6.76. The SMILES string of the molecule is c1ccc(-c2ccc(-n3ccc4c3ccc3c5ccccc5n(-c5ccc(-c6cccc7c6sc6c(-c8ccccc8)cccc67)cc5)c34)cc2)cc1. The van der Waals surface area contributed by atoms with E-state index in [4.69, 9.17) is 0 Å².